The van der Waals surface area contributed by atoms with Crippen LogP contribution in [0.2, 0.25) is 0 Å². The van der Waals surface area contributed by atoms with Crippen LogP contribution in [0.25, 0.3) is 0 Å². The average Bonchev–Trinajstić information content (AvgIpc) is 2.39. The van der Waals surface area contributed by atoms with Crippen LogP contribution < -0.4 is 5.73 Å². The van der Waals surface area contributed by atoms with Crippen molar-refractivity contribution in [3.05, 3.63) is 35.9 Å². The molecule has 17 heavy (non-hydrogen) atoms. The van der Waals surface area contributed by atoms with Gasteiger partial charge in [0.05, 0.1) is 0 Å². The van der Waals surface area contributed by atoms with Gasteiger partial charge in [-0.15, -0.1) is 0 Å². The van der Waals surface area contributed by atoms with E-state index < -0.39 is 0 Å². The Kier molecular flexibility index (Phi) is 3.79. The van der Waals surface area contributed by atoms with E-state index >= 15 is 0 Å². The Hall–Kier alpha value is -1.35. The van der Waals surface area contributed by atoms with E-state index in [4.69, 9.17) is 5.73 Å². The molecular formula is C14H20N2O. The predicted octanol–water partition coefficient (Wildman–Crippen LogP) is 2.03. The van der Waals surface area contributed by atoms with Gasteiger partial charge in [0.2, 0.25) is 0 Å². The number of nitrogens with two attached hydrogens (primary N) is 1. The number of amides is 1. The summed E-state index contributed by atoms with van der Waals surface area (Å²) in [5.41, 5.74) is 6.65. The number of nitrogens with zero attached hydrogens (tertiary/aromatic N) is 1. The number of rotatable bonds is 2. The lowest BCUT2D eigenvalue weighted by Gasteiger charge is -2.33. The lowest BCUT2D eigenvalue weighted by molar-refractivity contribution is 0.0690. The Morgan fingerprint density at radius 1 is 1.18 bits per heavy atom. The van der Waals surface area contributed by atoms with E-state index in [9.17, 15) is 4.79 Å². The second kappa shape index (κ2) is 5.32. The second-order valence-electron chi connectivity index (χ2n) is 4.85. The molecule has 0 aliphatic heterocycles. The topological polar surface area (TPSA) is 46.3 Å². The van der Waals surface area contributed by atoms with Crippen LogP contribution >= 0.6 is 0 Å². The van der Waals surface area contributed by atoms with Crippen molar-refractivity contribution in [1.29, 1.82) is 0 Å². The highest BCUT2D eigenvalue weighted by molar-refractivity contribution is 5.94. The molecule has 92 valence electrons. The first-order chi connectivity index (χ1) is 8.18. The number of carbonyl (C=O) groups excluding carboxylic acids is 1. The molecule has 3 heteroatoms. The Bertz CT molecular complexity index is 369. The first-order valence-corrected chi connectivity index (χ1v) is 6.26. The Balaban J connectivity index is 2.00. The van der Waals surface area contributed by atoms with Crippen LogP contribution in [-0.2, 0) is 0 Å². The zero-order valence-electron chi connectivity index (χ0n) is 10.3. The Morgan fingerprint density at radius 2 is 1.76 bits per heavy atom. The summed E-state index contributed by atoms with van der Waals surface area (Å²) in [6, 6.07) is 10.1. The van der Waals surface area contributed by atoms with E-state index in [2.05, 4.69) is 0 Å². The van der Waals surface area contributed by atoms with Crippen molar-refractivity contribution in [2.45, 2.75) is 37.8 Å². The molecule has 3 nitrogen and oxygen atoms in total. The van der Waals surface area contributed by atoms with Crippen molar-refractivity contribution in [2.24, 2.45) is 5.73 Å². The van der Waals surface area contributed by atoms with Crippen molar-refractivity contribution in [1.82, 2.24) is 4.90 Å². The molecular weight excluding hydrogens is 212 g/mol. The molecule has 0 atom stereocenters. The second-order valence-corrected chi connectivity index (χ2v) is 4.85. The summed E-state index contributed by atoms with van der Waals surface area (Å²) < 4.78 is 0. The van der Waals surface area contributed by atoms with E-state index in [0.717, 1.165) is 31.2 Å². The van der Waals surface area contributed by atoms with E-state index in [1.807, 2.05) is 42.3 Å². The summed E-state index contributed by atoms with van der Waals surface area (Å²) in [5, 5.41) is 0. The first kappa shape index (κ1) is 12.1. The van der Waals surface area contributed by atoms with Gasteiger partial charge in [0.1, 0.15) is 0 Å². The van der Waals surface area contributed by atoms with Gasteiger partial charge in [-0.3, -0.25) is 4.79 Å². The van der Waals surface area contributed by atoms with Crippen LogP contribution in [0.1, 0.15) is 36.0 Å². The fourth-order valence-electron chi connectivity index (χ4n) is 2.44. The maximum Gasteiger partial charge on any atom is 0.253 e. The highest BCUT2D eigenvalue weighted by atomic mass is 16.2. The maximum atomic E-state index is 12.2. The molecule has 1 aliphatic rings. The van der Waals surface area contributed by atoms with Gasteiger partial charge < -0.3 is 10.6 Å². The van der Waals surface area contributed by atoms with Gasteiger partial charge in [-0.25, -0.2) is 0 Å². The smallest absolute Gasteiger partial charge is 0.253 e. The van der Waals surface area contributed by atoms with Crippen molar-refractivity contribution in [2.75, 3.05) is 7.05 Å². The number of carbonyl (C=O) groups is 1. The van der Waals surface area contributed by atoms with Crippen LogP contribution in [-0.4, -0.2) is 29.9 Å². The minimum absolute atomic E-state index is 0.117. The summed E-state index contributed by atoms with van der Waals surface area (Å²) in [4.78, 5) is 14.1. The quantitative estimate of drug-likeness (QED) is 0.848. The highest BCUT2D eigenvalue weighted by Gasteiger charge is 2.25. The molecule has 0 aromatic heterocycles. The molecule has 0 heterocycles. The van der Waals surface area contributed by atoms with Gasteiger partial charge in [-0.2, -0.15) is 0 Å². The molecule has 1 fully saturated rings. The zero-order chi connectivity index (χ0) is 12.3. The third-order valence-corrected chi connectivity index (χ3v) is 3.63. The van der Waals surface area contributed by atoms with Crippen LogP contribution in [0, 0.1) is 0 Å². The van der Waals surface area contributed by atoms with Gasteiger partial charge in [0.25, 0.3) is 5.91 Å². The molecule has 1 saturated carbocycles. The molecule has 0 spiro atoms. The highest BCUT2D eigenvalue weighted by Crippen LogP contribution is 2.22. The fourth-order valence-corrected chi connectivity index (χ4v) is 2.44. The van der Waals surface area contributed by atoms with Crippen molar-refractivity contribution >= 4 is 5.91 Å². The lowest BCUT2D eigenvalue weighted by Crippen LogP contribution is -2.41. The van der Waals surface area contributed by atoms with E-state index in [0.29, 0.717) is 12.1 Å². The lowest BCUT2D eigenvalue weighted by atomic mass is 9.90. The van der Waals surface area contributed by atoms with E-state index in [-0.39, 0.29) is 5.91 Å². The van der Waals surface area contributed by atoms with Crippen molar-refractivity contribution < 1.29 is 4.79 Å². The van der Waals surface area contributed by atoms with Crippen molar-refractivity contribution in [3.8, 4) is 0 Å². The largest absolute Gasteiger partial charge is 0.339 e. The summed E-state index contributed by atoms with van der Waals surface area (Å²) in [6.07, 6.45) is 4.10. The van der Waals surface area contributed by atoms with Gasteiger partial charge in [-0.1, -0.05) is 18.2 Å². The molecule has 0 saturated heterocycles. The van der Waals surface area contributed by atoms with Gasteiger partial charge in [0, 0.05) is 24.7 Å². The summed E-state index contributed by atoms with van der Waals surface area (Å²) in [6.45, 7) is 0. The van der Waals surface area contributed by atoms with E-state index in [1.165, 1.54) is 0 Å². The summed E-state index contributed by atoms with van der Waals surface area (Å²) in [7, 11) is 1.90. The van der Waals surface area contributed by atoms with Crippen LogP contribution in [0.4, 0.5) is 0 Å². The summed E-state index contributed by atoms with van der Waals surface area (Å²) >= 11 is 0. The molecule has 2 rings (SSSR count). The normalized spacial score (nSPS) is 24.4. The van der Waals surface area contributed by atoms with Gasteiger partial charge in [-0.05, 0) is 37.8 Å². The Labute approximate surface area is 103 Å². The number of hydrogen-bond acceptors (Lipinski definition) is 2. The maximum absolute atomic E-state index is 12.2. The molecule has 1 aromatic carbocycles. The molecule has 2 N–H and O–H groups in total. The Morgan fingerprint density at radius 3 is 2.35 bits per heavy atom. The van der Waals surface area contributed by atoms with E-state index in [1.54, 1.807) is 0 Å². The predicted molar refractivity (Wildman–Crippen MR) is 68.8 cm³/mol. The van der Waals surface area contributed by atoms with Crippen LogP contribution in [0.5, 0.6) is 0 Å². The average molecular weight is 232 g/mol. The van der Waals surface area contributed by atoms with Gasteiger partial charge in [0.15, 0.2) is 0 Å². The van der Waals surface area contributed by atoms with Crippen LogP contribution in [0.15, 0.2) is 30.3 Å². The van der Waals surface area contributed by atoms with Crippen LogP contribution in [0.3, 0.4) is 0 Å². The third-order valence-electron chi connectivity index (χ3n) is 3.63. The minimum atomic E-state index is 0.117. The minimum Gasteiger partial charge on any atom is -0.339 e. The number of benzene rings is 1. The molecule has 0 unspecified atom stereocenters. The standard InChI is InChI=1S/C14H20N2O/c1-16(13-9-7-12(15)8-10-13)14(17)11-5-3-2-4-6-11/h2-6,12-13H,7-10,15H2,1H3. The number of hydrogen-bond donors (Lipinski definition) is 1. The third kappa shape index (κ3) is 2.86. The zero-order valence-corrected chi connectivity index (χ0v) is 10.3. The fraction of sp³-hybridized carbons (Fsp3) is 0.500. The molecule has 1 aromatic rings. The van der Waals surface area contributed by atoms with Gasteiger partial charge >= 0.3 is 0 Å². The SMILES string of the molecule is CN(C(=O)c1ccccc1)C1CCC(N)CC1. The monoisotopic (exact) mass is 232 g/mol. The van der Waals surface area contributed by atoms with Crippen molar-refractivity contribution in [3.63, 3.8) is 0 Å². The molecule has 0 bridgehead atoms. The molecule has 1 amide bonds. The summed E-state index contributed by atoms with van der Waals surface area (Å²) in [5.74, 6) is 0.117. The molecule has 1 aliphatic carbocycles. The first-order valence-electron chi connectivity index (χ1n) is 6.26. The molecule has 0 radical (unpaired) electrons.